The molecule has 0 bridgehead atoms. The summed E-state index contributed by atoms with van der Waals surface area (Å²) >= 11 is 0. The standard InChI is InChI=1S/C10H20N2O2/c1-4-9(11)10(13)12-5-6-14-8(3)7(12)2/h7-9H,4-6,11H2,1-3H3/t7-,8-,9-/m0/s1. The van der Waals surface area contributed by atoms with Crippen molar-refractivity contribution in [1.82, 2.24) is 4.90 Å². The van der Waals surface area contributed by atoms with E-state index in [4.69, 9.17) is 10.5 Å². The van der Waals surface area contributed by atoms with Gasteiger partial charge in [0.15, 0.2) is 0 Å². The lowest BCUT2D eigenvalue weighted by Gasteiger charge is -2.38. The van der Waals surface area contributed by atoms with Crippen molar-refractivity contribution < 1.29 is 9.53 Å². The Morgan fingerprint density at radius 2 is 2.29 bits per heavy atom. The number of ether oxygens (including phenoxy) is 1. The predicted octanol–water partition coefficient (Wildman–Crippen LogP) is 0.360. The highest BCUT2D eigenvalue weighted by atomic mass is 16.5. The zero-order valence-electron chi connectivity index (χ0n) is 9.19. The van der Waals surface area contributed by atoms with Crippen LogP contribution < -0.4 is 5.73 Å². The number of morpholine rings is 1. The molecule has 4 heteroatoms. The van der Waals surface area contributed by atoms with Crippen LogP contribution in [0.2, 0.25) is 0 Å². The molecule has 4 nitrogen and oxygen atoms in total. The second kappa shape index (κ2) is 4.75. The van der Waals surface area contributed by atoms with Crippen LogP contribution >= 0.6 is 0 Å². The molecule has 1 amide bonds. The molecule has 1 aliphatic heterocycles. The Morgan fingerprint density at radius 3 is 2.86 bits per heavy atom. The van der Waals surface area contributed by atoms with Gasteiger partial charge >= 0.3 is 0 Å². The molecule has 1 rings (SSSR count). The van der Waals surface area contributed by atoms with Crippen LogP contribution in [0.3, 0.4) is 0 Å². The predicted molar refractivity (Wildman–Crippen MR) is 54.9 cm³/mol. The Balaban J connectivity index is 2.62. The van der Waals surface area contributed by atoms with Gasteiger partial charge in [0.2, 0.25) is 5.91 Å². The fraction of sp³-hybridized carbons (Fsp3) is 0.900. The van der Waals surface area contributed by atoms with Crippen LogP contribution in [0.1, 0.15) is 27.2 Å². The number of hydrogen-bond acceptors (Lipinski definition) is 3. The molecule has 14 heavy (non-hydrogen) atoms. The molecule has 1 aliphatic rings. The quantitative estimate of drug-likeness (QED) is 0.700. The summed E-state index contributed by atoms with van der Waals surface area (Å²) in [7, 11) is 0. The number of nitrogens with two attached hydrogens (primary N) is 1. The van der Waals surface area contributed by atoms with E-state index >= 15 is 0 Å². The van der Waals surface area contributed by atoms with Gasteiger partial charge in [0.05, 0.1) is 24.8 Å². The lowest BCUT2D eigenvalue weighted by Crippen LogP contribution is -2.55. The van der Waals surface area contributed by atoms with Gasteiger partial charge in [-0.25, -0.2) is 0 Å². The number of hydrogen-bond donors (Lipinski definition) is 1. The Morgan fingerprint density at radius 1 is 1.64 bits per heavy atom. The number of carbonyl (C=O) groups is 1. The van der Waals surface area contributed by atoms with Crippen molar-refractivity contribution in [1.29, 1.82) is 0 Å². The molecule has 0 saturated carbocycles. The third kappa shape index (κ3) is 2.25. The first-order valence-electron chi connectivity index (χ1n) is 5.25. The Bertz CT molecular complexity index is 208. The summed E-state index contributed by atoms with van der Waals surface area (Å²) in [4.78, 5) is 13.7. The minimum atomic E-state index is -0.359. The topological polar surface area (TPSA) is 55.6 Å². The van der Waals surface area contributed by atoms with Gasteiger partial charge in [0.25, 0.3) is 0 Å². The van der Waals surface area contributed by atoms with Gasteiger partial charge in [-0.1, -0.05) is 6.92 Å². The first kappa shape index (κ1) is 11.5. The maximum atomic E-state index is 11.8. The van der Waals surface area contributed by atoms with Gasteiger partial charge < -0.3 is 15.4 Å². The van der Waals surface area contributed by atoms with E-state index in [1.54, 1.807) is 0 Å². The van der Waals surface area contributed by atoms with Crippen LogP contribution in [0.5, 0.6) is 0 Å². The van der Waals surface area contributed by atoms with E-state index < -0.39 is 0 Å². The summed E-state index contributed by atoms with van der Waals surface area (Å²) in [5, 5.41) is 0. The molecule has 1 fully saturated rings. The fourth-order valence-electron chi connectivity index (χ4n) is 1.63. The van der Waals surface area contributed by atoms with Gasteiger partial charge in [-0.3, -0.25) is 4.79 Å². The summed E-state index contributed by atoms with van der Waals surface area (Å²) in [6.07, 6.45) is 0.800. The molecule has 0 radical (unpaired) electrons. The third-order valence-electron chi connectivity index (χ3n) is 2.92. The van der Waals surface area contributed by atoms with E-state index in [0.717, 1.165) is 0 Å². The van der Waals surface area contributed by atoms with Crippen molar-refractivity contribution in [2.24, 2.45) is 5.73 Å². The van der Waals surface area contributed by atoms with Gasteiger partial charge in [-0.05, 0) is 20.3 Å². The van der Waals surface area contributed by atoms with E-state index in [9.17, 15) is 4.79 Å². The van der Waals surface area contributed by atoms with Gasteiger partial charge in [0.1, 0.15) is 0 Å². The second-order valence-corrected chi connectivity index (χ2v) is 3.86. The van der Waals surface area contributed by atoms with E-state index in [0.29, 0.717) is 19.6 Å². The van der Waals surface area contributed by atoms with E-state index in [2.05, 4.69) is 0 Å². The highest BCUT2D eigenvalue weighted by Gasteiger charge is 2.30. The van der Waals surface area contributed by atoms with Crippen LogP contribution in [0.4, 0.5) is 0 Å². The van der Waals surface area contributed by atoms with Crippen molar-refractivity contribution in [3.63, 3.8) is 0 Å². The monoisotopic (exact) mass is 200 g/mol. The average Bonchev–Trinajstić information content (AvgIpc) is 2.20. The summed E-state index contributed by atoms with van der Waals surface area (Å²) in [5.41, 5.74) is 5.72. The summed E-state index contributed by atoms with van der Waals surface area (Å²) < 4.78 is 5.45. The Hall–Kier alpha value is -0.610. The van der Waals surface area contributed by atoms with Gasteiger partial charge in [-0.15, -0.1) is 0 Å². The van der Waals surface area contributed by atoms with E-state index in [-0.39, 0.29) is 24.1 Å². The second-order valence-electron chi connectivity index (χ2n) is 3.86. The van der Waals surface area contributed by atoms with Crippen molar-refractivity contribution in [2.45, 2.75) is 45.4 Å². The fourth-order valence-corrected chi connectivity index (χ4v) is 1.63. The van der Waals surface area contributed by atoms with Crippen LogP contribution in [-0.2, 0) is 9.53 Å². The molecule has 2 N–H and O–H groups in total. The van der Waals surface area contributed by atoms with E-state index in [1.807, 2.05) is 25.7 Å². The highest BCUT2D eigenvalue weighted by Crippen LogP contribution is 2.14. The Kier molecular flexibility index (Phi) is 3.89. The molecular formula is C10H20N2O2. The number of carbonyl (C=O) groups excluding carboxylic acids is 1. The zero-order valence-corrected chi connectivity index (χ0v) is 9.19. The lowest BCUT2D eigenvalue weighted by molar-refractivity contribution is -0.145. The van der Waals surface area contributed by atoms with Crippen molar-refractivity contribution >= 4 is 5.91 Å². The maximum absolute atomic E-state index is 11.8. The molecule has 82 valence electrons. The lowest BCUT2D eigenvalue weighted by atomic mass is 10.1. The molecule has 0 aliphatic carbocycles. The normalized spacial score (nSPS) is 30.1. The molecule has 1 saturated heterocycles. The minimum Gasteiger partial charge on any atom is -0.375 e. The van der Waals surface area contributed by atoms with Gasteiger partial charge in [0, 0.05) is 6.54 Å². The Labute approximate surface area is 85.4 Å². The first-order valence-corrected chi connectivity index (χ1v) is 5.25. The van der Waals surface area contributed by atoms with E-state index in [1.165, 1.54) is 0 Å². The molecule has 0 unspecified atom stereocenters. The number of rotatable bonds is 2. The molecule has 3 atom stereocenters. The SMILES string of the molecule is CC[C@H](N)C(=O)N1CCO[C@@H](C)[C@@H]1C. The maximum Gasteiger partial charge on any atom is 0.239 e. The molecular weight excluding hydrogens is 180 g/mol. The zero-order chi connectivity index (χ0) is 10.7. The molecule has 0 spiro atoms. The number of amides is 1. The summed E-state index contributed by atoms with van der Waals surface area (Å²) in [6.45, 7) is 7.20. The number of nitrogens with zero attached hydrogens (tertiary/aromatic N) is 1. The van der Waals surface area contributed by atoms with Crippen molar-refractivity contribution in [3.05, 3.63) is 0 Å². The first-order chi connectivity index (χ1) is 6.57. The average molecular weight is 200 g/mol. The van der Waals surface area contributed by atoms with Crippen molar-refractivity contribution in [2.75, 3.05) is 13.2 Å². The smallest absolute Gasteiger partial charge is 0.239 e. The largest absolute Gasteiger partial charge is 0.375 e. The summed E-state index contributed by atoms with van der Waals surface area (Å²) in [5.74, 6) is 0.0511. The molecule has 0 aromatic heterocycles. The van der Waals surface area contributed by atoms with Crippen molar-refractivity contribution in [3.8, 4) is 0 Å². The molecule has 0 aromatic rings. The molecule has 0 aromatic carbocycles. The molecule has 1 heterocycles. The summed E-state index contributed by atoms with van der Waals surface area (Å²) in [6, 6.07) is -0.225. The van der Waals surface area contributed by atoms with Crippen LogP contribution in [-0.4, -0.2) is 42.1 Å². The third-order valence-corrected chi connectivity index (χ3v) is 2.92. The van der Waals surface area contributed by atoms with Crippen LogP contribution in [0.25, 0.3) is 0 Å². The van der Waals surface area contributed by atoms with Crippen LogP contribution in [0, 0.1) is 0 Å². The van der Waals surface area contributed by atoms with Crippen LogP contribution in [0.15, 0.2) is 0 Å². The highest BCUT2D eigenvalue weighted by molar-refractivity contribution is 5.82. The van der Waals surface area contributed by atoms with Gasteiger partial charge in [-0.2, -0.15) is 0 Å². The minimum absolute atomic E-state index is 0.0511.